The number of carbonyl (C=O) groups excluding carboxylic acids is 1. The fourth-order valence-corrected chi connectivity index (χ4v) is 1.76. The Balaban J connectivity index is 2.35. The van der Waals surface area contributed by atoms with Crippen LogP contribution in [0.4, 0.5) is 0 Å². The fourth-order valence-electron chi connectivity index (χ4n) is 1.76. The summed E-state index contributed by atoms with van der Waals surface area (Å²) in [5.41, 5.74) is 0. The zero-order chi connectivity index (χ0) is 10.4. The number of rotatable bonds is 4. The summed E-state index contributed by atoms with van der Waals surface area (Å²) in [6, 6.07) is 0.370. The van der Waals surface area contributed by atoms with E-state index >= 15 is 0 Å². The topological polar surface area (TPSA) is 32.3 Å². The van der Waals surface area contributed by atoms with Crippen LogP contribution >= 0.6 is 0 Å². The summed E-state index contributed by atoms with van der Waals surface area (Å²) in [7, 11) is 0. The molecule has 1 aliphatic heterocycles. The Morgan fingerprint density at radius 3 is 3.00 bits per heavy atom. The summed E-state index contributed by atoms with van der Waals surface area (Å²) in [5, 5.41) is 3.31. The maximum atomic E-state index is 11.7. The number of hydrogen-bond donors (Lipinski definition) is 1. The van der Waals surface area contributed by atoms with Gasteiger partial charge in [-0.15, -0.1) is 6.42 Å². The van der Waals surface area contributed by atoms with E-state index in [-0.39, 0.29) is 5.91 Å². The van der Waals surface area contributed by atoms with Crippen LogP contribution in [0, 0.1) is 12.3 Å². The van der Waals surface area contributed by atoms with Crippen LogP contribution in [0.1, 0.15) is 26.2 Å². The number of terminal acetylenes is 1. The first-order valence-electron chi connectivity index (χ1n) is 5.22. The molecule has 0 spiro atoms. The Morgan fingerprint density at radius 1 is 1.71 bits per heavy atom. The Hall–Kier alpha value is -1.01. The molecule has 0 bridgehead atoms. The molecule has 0 aromatic heterocycles. The zero-order valence-electron chi connectivity index (χ0n) is 8.75. The fraction of sp³-hybridized carbons (Fsp3) is 0.727. The first-order valence-corrected chi connectivity index (χ1v) is 5.22. The number of nitrogens with one attached hydrogen (secondary N) is 1. The minimum atomic E-state index is 0.171. The van der Waals surface area contributed by atoms with E-state index in [1.807, 2.05) is 6.92 Å². The van der Waals surface area contributed by atoms with E-state index in [4.69, 9.17) is 6.42 Å². The summed E-state index contributed by atoms with van der Waals surface area (Å²) < 4.78 is 0. The van der Waals surface area contributed by atoms with Crippen LogP contribution in [0.5, 0.6) is 0 Å². The molecule has 14 heavy (non-hydrogen) atoms. The quantitative estimate of drug-likeness (QED) is 0.665. The summed E-state index contributed by atoms with van der Waals surface area (Å²) >= 11 is 0. The molecule has 1 fully saturated rings. The predicted molar refractivity (Wildman–Crippen MR) is 56.7 cm³/mol. The molecule has 1 unspecified atom stereocenters. The normalized spacial score (nSPS) is 20.4. The maximum absolute atomic E-state index is 11.7. The van der Waals surface area contributed by atoms with Gasteiger partial charge in [0.2, 0.25) is 5.91 Å². The average molecular weight is 194 g/mol. The summed E-state index contributed by atoms with van der Waals surface area (Å²) in [5.74, 6) is 2.68. The lowest BCUT2D eigenvalue weighted by Gasteiger charge is -2.20. The van der Waals surface area contributed by atoms with Crippen molar-refractivity contribution in [1.29, 1.82) is 0 Å². The molecule has 1 N–H and O–H groups in total. The zero-order valence-corrected chi connectivity index (χ0v) is 8.75. The van der Waals surface area contributed by atoms with Crippen molar-refractivity contribution in [2.45, 2.75) is 32.2 Å². The van der Waals surface area contributed by atoms with Gasteiger partial charge in [0.15, 0.2) is 0 Å². The average Bonchev–Trinajstić information content (AvgIpc) is 2.66. The third-order valence-electron chi connectivity index (χ3n) is 2.60. The van der Waals surface area contributed by atoms with Gasteiger partial charge in [-0.3, -0.25) is 4.79 Å². The molecule has 1 heterocycles. The highest BCUT2D eigenvalue weighted by molar-refractivity contribution is 5.77. The van der Waals surface area contributed by atoms with E-state index in [1.165, 1.54) is 6.42 Å². The standard InChI is InChI=1S/C11H18N2O/c1-3-8-13(4-2)11(14)9-10-6-5-7-12-10/h1,10,12H,4-9H2,2H3. The van der Waals surface area contributed by atoms with E-state index in [0.717, 1.165) is 13.0 Å². The van der Waals surface area contributed by atoms with Crippen LogP contribution in [0.2, 0.25) is 0 Å². The van der Waals surface area contributed by atoms with Crippen LogP contribution in [-0.4, -0.2) is 36.5 Å². The molecule has 1 amide bonds. The monoisotopic (exact) mass is 194 g/mol. The summed E-state index contributed by atoms with van der Waals surface area (Å²) in [6.07, 6.45) is 8.07. The number of nitrogens with zero attached hydrogens (tertiary/aromatic N) is 1. The molecule has 3 nitrogen and oxygen atoms in total. The van der Waals surface area contributed by atoms with Crippen LogP contribution in [0.25, 0.3) is 0 Å². The Bertz CT molecular complexity index is 226. The largest absolute Gasteiger partial charge is 0.332 e. The predicted octanol–water partition coefficient (Wildman–Crippen LogP) is 0.610. The third-order valence-corrected chi connectivity index (χ3v) is 2.60. The van der Waals surface area contributed by atoms with Crippen LogP contribution in [0.3, 0.4) is 0 Å². The van der Waals surface area contributed by atoms with Crippen molar-refractivity contribution in [3.05, 3.63) is 0 Å². The maximum Gasteiger partial charge on any atom is 0.224 e. The van der Waals surface area contributed by atoms with E-state index in [0.29, 0.717) is 25.6 Å². The van der Waals surface area contributed by atoms with Crippen LogP contribution in [-0.2, 0) is 4.79 Å². The molecule has 78 valence electrons. The van der Waals surface area contributed by atoms with Gasteiger partial charge in [-0.05, 0) is 26.3 Å². The first-order chi connectivity index (χ1) is 6.77. The smallest absolute Gasteiger partial charge is 0.224 e. The van der Waals surface area contributed by atoms with Crippen molar-refractivity contribution in [1.82, 2.24) is 10.2 Å². The second-order valence-electron chi connectivity index (χ2n) is 3.61. The molecule has 1 aliphatic rings. The van der Waals surface area contributed by atoms with Crippen molar-refractivity contribution in [2.24, 2.45) is 0 Å². The second-order valence-corrected chi connectivity index (χ2v) is 3.61. The highest BCUT2D eigenvalue weighted by Gasteiger charge is 2.20. The first kappa shape index (κ1) is 11.1. The third kappa shape index (κ3) is 3.04. The van der Waals surface area contributed by atoms with Gasteiger partial charge in [0, 0.05) is 19.0 Å². The van der Waals surface area contributed by atoms with Crippen molar-refractivity contribution < 1.29 is 4.79 Å². The summed E-state index contributed by atoms with van der Waals surface area (Å²) in [4.78, 5) is 13.4. The number of hydrogen-bond acceptors (Lipinski definition) is 2. The molecule has 0 saturated carbocycles. The van der Waals surface area contributed by atoms with E-state index < -0.39 is 0 Å². The van der Waals surface area contributed by atoms with Gasteiger partial charge in [0.1, 0.15) is 0 Å². The van der Waals surface area contributed by atoms with Crippen molar-refractivity contribution in [3.63, 3.8) is 0 Å². The van der Waals surface area contributed by atoms with Crippen LogP contribution in [0.15, 0.2) is 0 Å². The molecule has 0 radical (unpaired) electrons. The van der Waals surface area contributed by atoms with Crippen LogP contribution < -0.4 is 5.32 Å². The van der Waals surface area contributed by atoms with Gasteiger partial charge >= 0.3 is 0 Å². The Kier molecular flexibility index (Phi) is 4.48. The van der Waals surface area contributed by atoms with Gasteiger partial charge in [-0.2, -0.15) is 0 Å². The SMILES string of the molecule is C#CCN(CC)C(=O)CC1CCCN1. The van der Waals surface area contributed by atoms with Gasteiger partial charge in [-0.25, -0.2) is 0 Å². The molecule has 0 aliphatic carbocycles. The van der Waals surface area contributed by atoms with Crippen molar-refractivity contribution in [2.75, 3.05) is 19.6 Å². The number of carbonyl (C=O) groups is 1. The van der Waals surface area contributed by atoms with Crippen molar-refractivity contribution in [3.8, 4) is 12.3 Å². The molecule has 0 aromatic carbocycles. The van der Waals surface area contributed by atoms with E-state index in [9.17, 15) is 4.79 Å². The Labute approximate surface area is 85.9 Å². The molecule has 1 atom stereocenters. The minimum absolute atomic E-state index is 0.171. The molecule has 0 aromatic rings. The highest BCUT2D eigenvalue weighted by atomic mass is 16.2. The number of amides is 1. The van der Waals surface area contributed by atoms with Crippen molar-refractivity contribution >= 4 is 5.91 Å². The van der Waals surface area contributed by atoms with Gasteiger partial charge < -0.3 is 10.2 Å². The van der Waals surface area contributed by atoms with E-state index in [2.05, 4.69) is 11.2 Å². The minimum Gasteiger partial charge on any atom is -0.332 e. The second kappa shape index (κ2) is 5.66. The van der Waals surface area contributed by atoms with E-state index in [1.54, 1.807) is 4.90 Å². The molecular formula is C11H18N2O. The molecule has 3 heteroatoms. The summed E-state index contributed by atoms with van der Waals surface area (Å²) in [6.45, 7) is 4.13. The van der Waals surface area contributed by atoms with Gasteiger partial charge in [-0.1, -0.05) is 5.92 Å². The van der Waals surface area contributed by atoms with Gasteiger partial charge in [0.05, 0.1) is 6.54 Å². The highest BCUT2D eigenvalue weighted by Crippen LogP contribution is 2.10. The lowest BCUT2D eigenvalue weighted by molar-refractivity contribution is -0.130. The molecule has 1 rings (SSSR count). The Morgan fingerprint density at radius 2 is 2.50 bits per heavy atom. The molecular weight excluding hydrogens is 176 g/mol. The van der Waals surface area contributed by atoms with Gasteiger partial charge in [0.25, 0.3) is 0 Å². The lowest BCUT2D eigenvalue weighted by atomic mass is 10.1. The lowest BCUT2D eigenvalue weighted by Crippen LogP contribution is -2.36. The molecule has 1 saturated heterocycles.